The molecule has 0 spiro atoms. The molecule has 0 aliphatic heterocycles. The molecule has 7 aromatic carbocycles. The Bertz CT molecular complexity index is 2510. The van der Waals surface area contributed by atoms with Gasteiger partial charge in [-0.15, -0.1) is 0 Å². The van der Waals surface area contributed by atoms with Crippen LogP contribution in [0, 0.1) is 0 Å². The molecule has 0 aliphatic rings. The summed E-state index contributed by atoms with van der Waals surface area (Å²) in [5, 5.41) is 2.54. The van der Waals surface area contributed by atoms with Gasteiger partial charge >= 0.3 is 0 Å². The number of rotatable bonds is 6. The molecule has 0 saturated carbocycles. The quantitative estimate of drug-likeness (QED) is 0.184. The van der Waals surface area contributed by atoms with E-state index in [1.807, 2.05) is 24.3 Å². The van der Waals surface area contributed by atoms with Gasteiger partial charge in [-0.05, 0) is 58.7 Å². The molecule has 0 fully saturated rings. The highest BCUT2D eigenvalue weighted by Gasteiger charge is 2.14. The first kappa shape index (κ1) is 28.6. The van der Waals surface area contributed by atoms with Crippen molar-refractivity contribution in [3.63, 3.8) is 0 Å². The van der Waals surface area contributed by atoms with E-state index in [-0.39, 0.29) is 0 Å². The zero-order valence-electron chi connectivity index (χ0n) is 26.7. The number of aromatic nitrogens is 3. The summed E-state index contributed by atoms with van der Waals surface area (Å²) in [6, 6.07) is 66.1. The van der Waals surface area contributed by atoms with Gasteiger partial charge in [-0.1, -0.05) is 152 Å². The Morgan fingerprint density at radius 3 is 1.35 bits per heavy atom. The van der Waals surface area contributed by atoms with Crippen LogP contribution in [0.25, 0.3) is 83.6 Å². The lowest BCUT2D eigenvalue weighted by molar-refractivity contribution is 1.18. The van der Waals surface area contributed by atoms with Crippen LogP contribution in [0.1, 0.15) is 0 Å². The van der Waals surface area contributed by atoms with E-state index in [9.17, 15) is 0 Å². The molecule has 0 aliphatic carbocycles. The zero-order chi connectivity index (χ0) is 32.6. The predicted octanol–water partition coefficient (Wildman–Crippen LogP) is 11.9. The lowest BCUT2D eigenvalue weighted by Gasteiger charge is -2.11. The summed E-state index contributed by atoms with van der Waals surface area (Å²) in [7, 11) is 0. The van der Waals surface area contributed by atoms with Crippen molar-refractivity contribution in [2.75, 3.05) is 0 Å². The first-order valence-electron chi connectivity index (χ1n) is 16.6. The van der Waals surface area contributed by atoms with Gasteiger partial charge in [0.25, 0.3) is 0 Å². The first-order valence-corrected chi connectivity index (χ1v) is 16.6. The van der Waals surface area contributed by atoms with E-state index in [1.165, 1.54) is 32.9 Å². The molecule has 0 bridgehead atoms. The average molecular weight is 626 g/mol. The number of fused-ring (bicyclic) bond motifs is 3. The van der Waals surface area contributed by atoms with Crippen LogP contribution < -0.4 is 0 Å². The predicted molar refractivity (Wildman–Crippen MR) is 204 cm³/mol. The van der Waals surface area contributed by atoms with E-state index in [1.54, 1.807) is 0 Å². The topological polar surface area (TPSA) is 30.7 Å². The summed E-state index contributed by atoms with van der Waals surface area (Å²) in [6.07, 6.45) is 0. The maximum absolute atomic E-state index is 5.11. The van der Waals surface area contributed by atoms with Crippen molar-refractivity contribution < 1.29 is 0 Å². The van der Waals surface area contributed by atoms with Crippen molar-refractivity contribution in [2.24, 2.45) is 0 Å². The summed E-state index contributed by atoms with van der Waals surface area (Å²) in [6.45, 7) is 0. The van der Waals surface area contributed by atoms with Gasteiger partial charge in [-0.25, -0.2) is 9.97 Å². The van der Waals surface area contributed by atoms with Crippen LogP contribution in [0.2, 0.25) is 0 Å². The Balaban J connectivity index is 1.07. The van der Waals surface area contributed by atoms with E-state index in [4.69, 9.17) is 9.97 Å². The molecule has 9 aromatic rings. The molecule has 3 heteroatoms. The van der Waals surface area contributed by atoms with E-state index in [0.717, 1.165) is 44.9 Å². The van der Waals surface area contributed by atoms with Crippen molar-refractivity contribution in [1.29, 1.82) is 0 Å². The molecule has 0 amide bonds. The molecule has 0 atom stereocenters. The Kier molecular flexibility index (Phi) is 7.14. The van der Waals surface area contributed by atoms with Gasteiger partial charge in [0.05, 0.1) is 22.4 Å². The Labute approximate surface area is 285 Å². The van der Waals surface area contributed by atoms with Gasteiger partial charge in [0.2, 0.25) is 0 Å². The SMILES string of the molecule is c1ccc(-c2cccc(-c3nc(-c4ccccc4)cc(-c4ccc(-c5ccc(-n6c7ccccc7c7ccccc76)cc5)cc4)n3)c2)cc1. The van der Waals surface area contributed by atoms with Crippen molar-refractivity contribution in [2.45, 2.75) is 0 Å². The second-order valence-corrected chi connectivity index (χ2v) is 12.3. The van der Waals surface area contributed by atoms with Crippen LogP contribution in [0.3, 0.4) is 0 Å². The van der Waals surface area contributed by atoms with E-state index < -0.39 is 0 Å². The van der Waals surface area contributed by atoms with E-state index in [2.05, 4.69) is 168 Å². The second-order valence-electron chi connectivity index (χ2n) is 12.3. The maximum atomic E-state index is 5.11. The Hall–Kier alpha value is -6.58. The van der Waals surface area contributed by atoms with Gasteiger partial charge in [-0.3, -0.25) is 0 Å². The van der Waals surface area contributed by atoms with Gasteiger partial charge in [0, 0.05) is 33.2 Å². The lowest BCUT2D eigenvalue weighted by Crippen LogP contribution is -1.96. The van der Waals surface area contributed by atoms with Gasteiger partial charge in [0.1, 0.15) is 0 Å². The van der Waals surface area contributed by atoms with Crippen LogP contribution >= 0.6 is 0 Å². The van der Waals surface area contributed by atoms with Crippen LogP contribution in [0.4, 0.5) is 0 Å². The largest absolute Gasteiger partial charge is 0.309 e. The third kappa shape index (κ3) is 5.38. The summed E-state index contributed by atoms with van der Waals surface area (Å²) in [5.41, 5.74) is 13.1. The number of benzene rings is 7. The molecule has 2 aromatic heterocycles. The van der Waals surface area contributed by atoms with Gasteiger partial charge in [0.15, 0.2) is 5.82 Å². The summed E-state index contributed by atoms with van der Waals surface area (Å²) in [4.78, 5) is 10.2. The minimum atomic E-state index is 0.707. The standard InChI is InChI=1S/C46H31N3/c1-3-12-32(13-4-1)37-16-11-17-38(30-37)46-47-42(35-14-5-2-6-15-35)31-43(48-46)36-24-22-33(23-25-36)34-26-28-39(29-27-34)49-44-20-9-7-18-40(44)41-19-8-10-21-45(41)49/h1-31H. The minimum absolute atomic E-state index is 0.707. The third-order valence-electron chi connectivity index (χ3n) is 9.24. The lowest BCUT2D eigenvalue weighted by atomic mass is 10.0. The van der Waals surface area contributed by atoms with Gasteiger partial charge < -0.3 is 4.57 Å². The minimum Gasteiger partial charge on any atom is -0.309 e. The zero-order valence-corrected chi connectivity index (χ0v) is 26.7. The molecule has 2 heterocycles. The van der Waals surface area contributed by atoms with E-state index in [0.29, 0.717) is 5.82 Å². The van der Waals surface area contributed by atoms with Gasteiger partial charge in [-0.2, -0.15) is 0 Å². The summed E-state index contributed by atoms with van der Waals surface area (Å²) in [5.74, 6) is 0.707. The van der Waals surface area contributed by atoms with Crippen molar-refractivity contribution in [3.05, 3.63) is 188 Å². The fraction of sp³-hybridized carbons (Fsp3) is 0. The van der Waals surface area contributed by atoms with Crippen LogP contribution in [0.5, 0.6) is 0 Å². The number of hydrogen-bond acceptors (Lipinski definition) is 2. The number of hydrogen-bond donors (Lipinski definition) is 0. The van der Waals surface area contributed by atoms with Crippen molar-refractivity contribution >= 4 is 21.8 Å². The number of para-hydroxylation sites is 2. The third-order valence-corrected chi connectivity index (χ3v) is 9.24. The monoisotopic (exact) mass is 625 g/mol. The van der Waals surface area contributed by atoms with Crippen LogP contribution in [0.15, 0.2) is 188 Å². The number of nitrogens with zero attached hydrogens (tertiary/aromatic N) is 3. The first-order chi connectivity index (χ1) is 24.3. The fourth-order valence-corrected chi connectivity index (χ4v) is 6.79. The highest BCUT2D eigenvalue weighted by atomic mass is 15.0. The van der Waals surface area contributed by atoms with Crippen LogP contribution in [-0.4, -0.2) is 14.5 Å². The molecule has 0 radical (unpaired) electrons. The smallest absolute Gasteiger partial charge is 0.160 e. The van der Waals surface area contributed by atoms with Crippen molar-refractivity contribution in [3.8, 4) is 61.8 Å². The molecule has 230 valence electrons. The Morgan fingerprint density at radius 2 is 0.735 bits per heavy atom. The molecule has 0 unspecified atom stereocenters. The molecule has 0 N–H and O–H groups in total. The summed E-state index contributed by atoms with van der Waals surface area (Å²) < 4.78 is 2.35. The normalized spacial score (nSPS) is 11.3. The molecule has 9 rings (SSSR count). The van der Waals surface area contributed by atoms with Crippen LogP contribution in [-0.2, 0) is 0 Å². The van der Waals surface area contributed by atoms with E-state index >= 15 is 0 Å². The molecule has 49 heavy (non-hydrogen) atoms. The summed E-state index contributed by atoms with van der Waals surface area (Å²) >= 11 is 0. The highest BCUT2D eigenvalue weighted by molar-refractivity contribution is 6.09. The molecule has 3 nitrogen and oxygen atoms in total. The Morgan fingerprint density at radius 1 is 0.306 bits per heavy atom. The fourth-order valence-electron chi connectivity index (χ4n) is 6.79. The molecular formula is C46H31N3. The maximum Gasteiger partial charge on any atom is 0.160 e. The van der Waals surface area contributed by atoms with Crippen molar-refractivity contribution in [1.82, 2.24) is 14.5 Å². The highest BCUT2D eigenvalue weighted by Crippen LogP contribution is 2.34. The second kappa shape index (κ2) is 12.2. The molecular weight excluding hydrogens is 595 g/mol. The molecule has 0 saturated heterocycles. The average Bonchev–Trinajstić information content (AvgIpc) is 3.53.